The van der Waals surface area contributed by atoms with E-state index in [1.807, 2.05) is 6.92 Å². The van der Waals surface area contributed by atoms with Crippen molar-refractivity contribution < 1.29 is 5.11 Å². The number of nitrogens with zero attached hydrogens (tertiary/aromatic N) is 2. The Bertz CT molecular complexity index is 721. The molecule has 3 aromatic rings. The number of aromatic hydroxyl groups is 1. The second-order valence-electron chi connectivity index (χ2n) is 4.08. The zero-order valence-electron chi connectivity index (χ0n) is 9.41. The Morgan fingerprint density at radius 3 is 2.11 bits per heavy atom. The molecule has 0 saturated heterocycles. The van der Waals surface area contributed by atoms with Gasteiger partial charge in [-0.2, -0.15) is 0 Å². The summed E-state index contributed by atoms with van der Waals surface area (Å²) < 4.78 is 0. The van der Waals surface area contributed by atoms with Crippen molar-refractivity contribution in [2.75, 3.05) is 0 Å². The van der Waals surface area contributed by atoms with Crippen LogP contribution >= 0.6 is 23.2 Å². The Labute approximate surface area is 113 Å². The van der Waals surface area contributed by atoms with E-state index in [1.165, 1.54) is 0 Å². The molecule has 1 N–H and O–H groups in total. The van der Waals surface area contributed by atoms with Gasteiger partial charge in [-0.15, -0.1) is 0 Å². The average Bonchev–Trinajstić information content (AvgIpc) is 2.34. The number of hydrogen-bond acceptors (Lipinski definition) is 3. The number of aromatic nitrogens is 2. The van der Waals surface area contributed by atoms with Gasteiger partial charge in [0.15, 0.2) is 0 Å². The Balaban J connectivity index is 2.51. The lowest BCUT2D eigenvalue weighted by Gasteiger charge is -2.06. The third-order valence-corrected chi connectivity index (χ3v) is 3.54. The largest absolute Gasteiger partial charge is 0.506 e. The maximum Gasteiger partial charge on any atom is 0.143 e. The van der Waals surface area contributed by atoms with Crippen LogP contribution in [0.3, 0.4) is 0 Å². The fraction of sp³-hybridized carbons (Fsp3) is 0.0769. The summed E-state index contributed by atoms with van der Waals surface area (Å²) in [6.07, 6.45) is 0. The fourth-order valence-corrected chi connectivity index (χ4v) is 2.18. The van der Waals surface area contributed by atoms with E-state index < -0.39 is 0 Å². The van der Waals surface area contributed by atoms with Crippen LogP contribution in [0.4, 0.5) is 0 Å². The van der Waals surface area contributed by atoms with Crippen LogP contribution in [0.1, 0.15) is 5.56 Å². The minimum Gasteiger partial charge on any atom is -0.506 e. The van der Waals surface area contributed by atoms with E-state index in [2.05, 4.69) is 9.97 Å². The van der Waals surface area contributed by atoms with Gasteiger partial charge in [-0.1, -0.05) is 29.3 Å². The summed E-state index contributed by atoms with van der Waals surface area (Å²) in [5.74, 6) is 0.107. The SMILES string of the molecule is Cc1ccc(O)c2nc3cc(Cl)c(Cl)cc3nc12. The van der Waals surface area contributed by atoms with E-state index in [0.29, 0.717) is 32.1 Å². The summed E-state index contributed by atoms with van der Waals surface area (Å²) in [5.41, 5.74) is 3.36. The van der Waals surface area contributed by atoms with Crippen molar-refractivity contribution in [3.05, 3.63) is 39.9 Å². The topological polar surface area (TPSA) is 46.0 Å². The number of benzene rings is 2. The smallest absolute Gasteiger partial charge is 0.143 e. The zero-order valence-corrected chi connectivity index (χ0v) is 10.9. The van der Waals surface area contributed by atoms with Crippen molar-refractivity contribution in [3.8, 4) is 5.75 Å². The molecule has 1 heterocycles. The first-order chi connectivity index (χ1) is 8.56. The van der Waals surface area contributed by atoms with Gasteiger partial charge in [-0.3, -0.25) is 0 Å². The van der Waals surface area contributed by atoms with E-state index in [9.17, 15) is 5.11 Å². The first-order valence-electron chi connectivity index (χ1n) is 5.31. The molecule has 5 heteroatoms. The highest BCUT2D eigenvalue weighted by molar-refractivity contribution is 6.42. The average molecular weight is 279 g/mol. The molecule has 0 radical (unpaired) electrons. The third kappa shape index (κ3) is 1.67. The van der Waals surface area contributed by atoms with Crippen molar-refractivity contribution >= 4 is 45.3 Å². The molecule has 0 amide bonds. The van der Waals surface area contributed by atoms with Crippen molar-refractivity contribution in [2.24, 2.45) is 0 Å². The van der Waals surface area contributed by atoms with E-state index >= 15 is 0 Å². The van der Waals surface area contributed by atoms with Crippen LogP contribution in [0.5, 0.6) is 5.75 Å². The molecule has 0 spiro atoms. The number of fused-ring (bicyclic) bond motifs is 2. The molecule has 3 rings (SSSR count). The van der Waals surface area contributed by atoms with Gasteiger partial charge in [0.1, 0.15) is 11.3 Å². The highest BCUT2D eigenvalue weighted by Gasteiger charge is 2.10. The normalized spacial score (nSPS) is 11.3. The number of phenols is 1. The maximum absolute atomic E-state index is 9.82. The molecule has 0 fully saturated rings. The monoisotopic (exact) mass is 278 g/mol. The molecular formula is C13H8Cl2N2O. The molecule has 3 nitrogen and oxygen atoms in total. The predicted octanol–water partition coefficient (Wildman–Crippen LogP) is 4.10. The molecular weight excluding hydrogens is 271 g/mol. The fourth-order valence-electron chi connectivity index (χ4n) is 1.87. The Morgan fingerprint density at radius 1 is 0.944 bits per heavy atom. The highest BCUT2D eigenvalue weighted by Crippen LogP contribution is 2.30. The maximum atomic E-state index is 9.82. The molecule has 0 bridgehead atoms. The van der Waals surface area contributed by atoms with Crippen molar-refractivity contribution in [1.82, 2.24) is 9.97 Å². The van der Waals surface area contributed by atoms with Crippen LogP contribution < -0.4 is 0 Å². The van der Waals surface area contributed by atoms with Gasteiger partial charge in [-0.25, -0.2) is 9.97 Å². The molecule has 90 valence electrons. The molecule has 0 unspecified atom stereocenters. The quantitative estimate of drug-likeness (QED) is 0.630. The van der Waals surface area contributed by atoms with Gasteiger partial charge >= 0.3 is 0 Å². The number of aryl methyl sites for hydroxylation is 1. The Kier molecular flexibility index (Phi) is 2.54. The number of phenolic OH excluding ortho intramolecular Hbond substituents is 1. The van der Waals surface area contributed by atoms with E-state index in [0.717, 1.165) is 5.56 Å². The lowest BCUT2D eigenvalue weighted by molar-refractivity contribution is 0.480. The van der Waals surface area contributed by atoms with Crippen molar-refractivity contribution in [2.45, 2.75) is 6.92 Å². The van der Waals surface area contributed by atoms with Crippen LogP contribution in [-0.4, -0.2) is 15.1 Å². The number of halogens is 2. The number of rotatable bonds is 0. The van der Waals surface area contributed by atoms with E-state index in [-0.39, 0.29) is 5.75 Å². The van der Waals surface area contributed by atoms with Gasteiger partial charge < -0.3 is 5.11 Å². The minimum atomic E-state index is 0.107. The first kappa shape index (κ1) is 11.5. The molecule has 18 heavy (non-hydrogen) atoms. The summed E-state index contributed by atoms with van der Waals surface area (Å²) in [5, 5.41) is 10.7. The van der Waals surface area contributed by atoms with Gasteiger partial charge in [0.25, 0.3) is 0 Å². The van der Waals surface area contributed by atoms with Crippen molar-refractivity contribution in [3.63, 3.8) is 0 Å². The molecule has 1 aromatic heterocycles. The van der Waals surface area contributed by atoms with Gasteiger partial charge in [0, 0.05) is 0 Å². The van der Waals surface area contributed by atoms with E-state index in [4.69, 9.17) is 23.2 Å². The first-order valence-corrected chi connectivity index (χ1v) is 6.07. The molecule has 0 saturated carbocycles. The van der Waals surface area contributed by atoms with Crippen LogP contribution in [0, 0.1) is 6.92 Å². The van der Waals surface area contributed by atoms with Gasteiger partial charge in [-0.05, 0) is 30.7 Å². The van der Waals surface area contributed by atoms with Gasteiger partial charge in [0.2, 0.25) is 0 Å². The Morgan fingerprint density at radius 2 is 1.50 bits per heavy atom. The molecule has 0 aliphatic heterocycles. The van der Waals surface area contributed by atoms with Crippen LogP contribution in [0.25, 0.3) is 22.1 Å². The summed E-state index contributed by atoms with van der Waals surface area (Å²) >= 11 is 11.9. The standard InChI is InChI=1S/C13H8Cl2N2O/c1-6-2-3-11(18)13-12(6)16-9-4-7(14)8(15)5-10(9)17-13/h2-5,18H,1H3. The summed E-state index contributed by atoms with van der Waals surface area (Å²) in [6, 6.07) is 6.73. The summed E-state index contributed by atoms with van der Waals surface area (Å²) in [4.78, 5) is 8.86. The van der Waals surface area contributed by atoms with Gasteiger partial charge in [0.05, 0.1) is 26.6 Å². The molecule has 0 atom stereocenters. The van der Waals surface area contributed by atoms with Crippen LogP contribution in [-0.2, 0) is 0 Å². The molecule has 2 aromatic carbocycles. The van der Waals surface area contributed by atoms with Crippen molar-refractivity contribution in [1.29, 1.82) is 0 Å². The summed E-state index contributed by atoms with van der Waals surface area (Å²) in [7, 11) is 0. The van der Waals surface area contributed by atoms with Crippen LogP contribution in [0.2, 0.25) is 10.0 Å². The molecule has 0 aliphatic rings. The lowest BCUT2D eigenvalue weighted by Crippen LogP contribution is -1.90. The zero-order chi connectivity index (χ0) is 12.9. The third-order valence-electron chi connectivity index (χ3n) is 2.81. The van der Waals surface area contributed by atoms with E-state index in [1.54, 1.807) is 24.3 Å². The predicted molar refractivity (Wildman–Crippen MR) is 73.5 cm³/mol. The second kappa shape index (κ2) is 3.97. The number of hydrogen-bond donors (Lipinski definition) is 1. The minimum absolute atomic E-state index is 0.107. The second-order valence-corrected chi connectivity index (χ2v) is 4.89. The summed E-state index contributed by atoms with van der Waals surface area (Å²) in [6.45, 7) is 1.92. The molecule has 0 aliphatic carbocycles. The highest BCUT2D eigenvalue weighted by atomic mass is 35.5. The van der Waals surface area contributed by atoms with Crippen LogP contribution in [0.15, 0.2) is 24.3 Å². The Hall–Kier alpha value is -1.58. The lowest BCUT2D eigenvalue weighted by atomic mass is 10.1.